The Labute approximate surface area is 72.2 Å². The van der Waals surface area contributed by atoms with Crippen LogP contribution in [-0.2, 0) is 14.2 Å². The van der Waals surface area contributed by atoms with Crippen molar-refractivity contribution in [3.05, 3.63) is 0 Å². The minimum absolute atomic E-state index is 0.180. The maximum atomic E-state index is 5.55. The van der Waals surface area contributed by atoms with Gasteiger partial charge in [-0.15, -0.1) is 0 Å². The molecule has 0 amide bonds. The van der Waals surface area contributed by atoms with E-state index in [-0.39, 0.29) is 6.10 Å². The molecule has 0 aromatic heterocycles. The number of nitrogens with one attached hydrogen (secondary N) is 1. The third-order valence-corrected chi connectivity index (χ3v) is 2.24. The highest BCUT2D eigenvalue weighted by atomic mass is 16.6. The summed E-state index contributed by atoms with van der Waals surface area (Å²) < 4.78 is 16.2. The van der Waals surface area contributed by atoms with E-state index in [4.69, 9.17) is 14.2 Å². The van der Waals surface area contributed by atoms with E-state index in [1.165, 1.54) is 0 Å². The summed E-state index contributed by atoms with van der Waals surface area (Å²) >= 11 is 0. The van der Waals surface area contributed by atoms with Crippen LogP contribution in [0.5, 0.6) is 0 Å². The summed E-state index contributed by atoms with van der Waals surface area (Å²) in [6, 6.07) is 0.319. The molecule has 70 valence electrons. The zero-order valence-electron chi connectivity index (χ0n) is 7.12. The van der Waals surface area contributed by atoms with Gasteiger partial charge in [-0.05, 0) is 0 Å². The summed E-state index contributed by atoms with van der Waals surface area (Å²) in [6.45, 7) is 4.61. The molecular weight excluding hydrogens is 158 g/mol. The molecule has 0 saturated carbocycles. The summed E-state index contributed by atoms with van der Waals surface area (Å²) in [4.78, 5) is 0. The lowest BCUT2D eigenvalue weighted by molar-refractivity contribution is -0.116. The van der Waals surface area contributed by atoms with E-state index in [9.17, 15) is 0 Å². The summed E-state index contributed by atoms with van der Waals surface area (Å²) in [6.07, 6.45) is 0.180. The fourth-order valence-corrected chi connectivity index (χ4v) is 1.56. The van der Waals surface area contributed by atoms with Crippen LogP contribution in [-0.4, -0.2) is 51.7 Å². The maximum Gasteiger partial charge on any atom is 0.0984 e. The first-order valence-electron chi connectivity index (χ1n) is 4.47. The summed E-state index contributed by atoms with van der Waals surface area (Å²) in [5.41, 5.74) is 0. The van der Waals surface area contributed by atoms with Crippen molar-refractivity contribution >= 4 is 0 Å². The minimum Gasteiger partial charge on any atom is -0.378 e. The second kappa shape index (κ2) is 4.18. The molecular formula is C8H15NO3. The average Bonchev–Trinajstić information content (AvgIpc) is 2.21. The average molecular weight is 173 g/mol. The van der Waals surface area contributed by atoms with E-state index in [0.717, 1.165) is 26.4 Å². The molecule has 2 aliphatic rings. The molecule has 0 aromatic carbocycles. The van der Waals surface area contributed by atoms with Crippen molar-refractivity contribution in [1.82, 2.24) is 5.32 Å². The molecule has 0 radical (unpaired) electrons. The highest BCUT2D eigenvalue weighted by Crippen LogP contribution is 2.08. The van der Waals surface area contributed by atoms with Crippen LogP contribution in [0.3, 0.4) is 0 Å². The molecule has 2 heterocycles. The van der Waals surface area contributed by atoms with Crippen LogP contribution in [0.1, 0.15) is 0 Å². The second-order valence-electron chi connectivity index (χ2n) is 3.12. The van der Waals surface area contributed by atoms with Crippen molar-refractivity contribution in [2.24, 2.45) is 0 Å². The van der Waals surface area contributed by atoms with Gasteiger partial charge < -0.3 is 19.5 Å². The van der Waals surface area contributed by atoms with Crippen LogP contribution >= 0.6 is 0 Å². The summed E-state index contributed by atoms with van der Waals surface area (Å²) in [5.74, 6) is 0. The maximum absolute atomic E-state index is 5.55. The molecule has 12 heavy (non-hydrogen) atoms. The predicted molar refractivity (Wildman–Crippen MR) is 43.2 cm³/mol. The predicted octanol–water partition coefficient (Wildman–Crippen LogP) is -0.610. The zero-order valence-corrected chi connectivity index (χ0v) is 7.12. The van der Waals surface area contributed by atoms with E-state index < -0.39 is 0 Å². The fraction of sp³-hybridized carbons (Fsp3) is 1.00. The van der Waals surface area contributed by atoms with Crippen LogP contribution in [0.2, 0.25) is 0 Å². The largest absolute Gasteiger partial charge is 0.378 e. The Hall–Kier alpha value is -0.160. The Kier molecular flexibility index (Phi) is 2.94. The molecule has 2 unspecified atom stereocenters. The molecule has 2 rings (SSSR count). The normalized spacial score (nSPS) is 38.0. The molecule has 0 spiro atoms. The van der Waals surface area contributed by atoms with Crippen molar-refractivity contribution in [1.29, 1.82) is 0 Å². The molecule has 0 aliphatic carbocycles. The molecule has 4 nitrogen and oxygen atoms in total. The third-order valence-electron chi connectivity index (χ3n) is 2.24. The van der Waals surface area contributed by atoms with Gasteiger partial charge in [-0.25, -0.2) is 0 Å². The van der Waals surface area contributed by atoms with E-state index in [2.05, 4.69) is 5.32 Å². The number of ether oxygens (including phenoxy) is 3. The van der Waals surface area contributed by atoms with Crippen LogP contribution in [0.15, 0.2) is 0 Å². The number of rotatable bonds is 1. The van der Waals surface area contributed by atoms with Crippen molar-refractivity contribution in [2.45, 2.75) is 12.1 Å². The van der Waals surface area contributed by atoms with Gasteiger partial charge in [0.1, 0.15) is 0 Å². The fourth-order valence-electron chi connectivity index (χ4n) is 1.56. The molecule has 0 bridgehead atoms. The summed E-state index contributed by atoms with van der Waals surface area (Å²) in [5, 5.41) is 3.36. The Morgan fingerprint density at radius 2 is 1.92 bits per heavy atom. The van der Waals surface area contributed by atoms with Gasteiger partial charge in [0.2, 0.25) is 0 Å². The van der Waals surface area contributed by atoms with Crippen molar-refractivity contribution < 1.29 is 14.2 Å². The number of hydrogen-bond acceptors (Lipinski definition) is 4. The van der Waals surface area contributed by atoms with E-state index >= 15 is 0 Å². The number of morpholine rings is 1. The van der Waals surface area contributed by atoms with Crippen LogP contribution in [0, 0.1) is 0 Å². The van der Waals surface area contributed by atoms with Gasteiger partial charge >= 0.3 is 0 Å². The number of hydrogen-bond donors (Lipinski definition) is 1. The first-order valence-corrected chi connectivity index (χ1v) is 4.47. The molecule has 2 saturated heterocycles. The van der Waals surface area contributed by atoms with E-state index in [1.807, 2.05) is 0 Å². The van der Waals surface area contributed by atoms with Crippen molar-refractivity contribution in [3.8, 4) is 0 Å². The standard InChI is InChI=1S/C8H15NO3/c1-2-10-5-7(9-1)8-6-11-3-4-12-8/h7-9H,1-6H2. The van der Waals surface area contributed by atoms with Crippen LogP contribution in [0.25, 0.3) is 0 Å². The molecule has 1 N–H and O–H groups in total. The Bertz CT molecular complexity index is 114. The zero-order chi connectivity index (χ0) is 8.23. The lowest BCUT2D eigenvalue weighted by Crippen LogP contribution is -2.52. The SMILES string of the molecule is C1COCC(C2COCCO2)N1. The molecule has 0 aromatic rings. The highest BCUT2D eigenvalue weighted by Gasteiger charge is 2.26. The quantitative estimate of drug-likeness (QED) is 0.574. The van der Waals surface area contributed by atoms with Gasteiger partial charge in [0.05, 0.1) is 45.2 Å². The lowest BCUT2D eigenvalue weighted by Gasteiger charge is -2.33. The second-order valence-corrected chi connectivity index (χ2v) is 3.12. The first-order chi connectivity index (χ1) is 5.97. The molecule has 2 atom stereocenters. The smallest absolute Gasteiger partial charge is 0.0984 e. The van der Waals surface area contributed by atoms with E-state index in [0.29, 0.717) is 19.3 Å². The van der Waals surface area contributed by atoms with Crippen LogP contribution < -0.4 is 5.32 Å². The highest BCUT2D eigenvalue weighted by molar-refractivity contribution is 4.80. The van der Waals surface area contributed by atoms with Gasteiger partial charge in [0, 0.05) is 6.54 Å². The first kappa shape index (κ1) is 8.44. The van der Waals surface area contributed by atoms with E-state index in [1.54, 1.807) is 0 Å². The van der Waals surface area contributed by atoms with Crippen molar-refractivity contribution in [3.63, 3.8) is 0 Å². The van der Waals surface area contributed by atoms with Gasteiger partial charge in [0.15, 0.2) is 0 Å². The van der Waals surface area contributed by atoms with Gasteiger partial charge in [-0.1, -0.05) is 0 Å². The molecule has 2 fully saturated rings. The van der Waals surface area contributed by atoms with Crippen molar-refractivity contribution in [2.75, 3.05) is 39.6 Å². The third kappa shape index (κ3) is 1.95. The Morgan fingerprint density at radius 1 is 1.00 bits per heavy atom. The topological polar surface area (TPSA) is 39.7 Å². The minimum atomic E-state index is 0.180. The van der Waals surface area contributed by atoms with Crippen LogP contribution in [0.4, 0.5) is 0 Å². The lowest BCUT2D eigenvalue weighted by atomic mass is 10.1. The Balaban J connectivity index is 1.80. The monoisotopic (exact) mass is 173 g/mol. The summed E-state index contributed by atoms with van der Waals surface area (Å²) in [7, 11) is 0. The Morgan fingerprint density at radius 3 is 2.58 bits per heavy atom. The molecule has 2 aliphatic heterocycles. The van der Waals surface area contributed by atoms with Gasteiger partial charge in [-0.2, -0.15) is 0 Å². The van der Waals surface area contributed by atoms with Gasteiger partial charge in [-0.3, -0.25) is 0 Å². The van der Waals surface area contributed by atoms with Gasteiger partial charge in [0.25, 0.3) is 0 Å². The molecule has 4 heteroatoms.